The molecule has 0 fully saturated rings. The lowest BCUT2D eigenvalue weighted by molar-refractivity contribution is -0.149. The third-order valence-corrected chi connectivity index (χ3v) is 3.86. The van der Waals surface area contributed by atoms with Gasteiger partial charge in [-0.2, -0.15) is 0 Å². The molecule has 0 spiro atoms. The van der Waals surface area contributed by atoms with Gasteiger partial charge in [0.05, 0.1) is 5.41 Å². The maximum absolute atomic E-state index is 13.8. The SMILES string of the molecule is CCC(CC)(CNCc1cccc(C)c1F)C(=O)O. The van der Waals surface area contributed by atoms with E-state index in [0.717, 1.165) is 0 Å². The normalized spacial score (nSPS) is 11.6. The summed E-state index contributed by atoms with van der Waals surface area (Å²) in [5.74, 6) is -1.02. The average Bonchev–Trinajstić information content (AvgIpc) is 2.39. The first kappa shape index (κ1) is 15.6. The zero-order chi connectivity index (χ0) is 14.5. The zero-order valence-corrected chi connectivity index (χ0v) is 11.8. The van der Waals surface area contributed by atoms with E-state index in [1.807, 2.05) is 13.8 Å². The molecule has 19 heavy (non-hydrogen) atoms. The van der Waals surface area contributed by atoms with Crippen LogP contribution in [0.25, 0.3) is 0 Å². The van der Waals surface area contributed by atoms with Crippen LogP contribution in [0.3, 0.4) is 0 Å². The van der Waals surface area contributed by atoms with Crippen LogP contribution in [0, 0.1) is 18.2 Å². The topological polar surface area (TPSA) is 49.3 Å². The number of carbonyl (C=O) groups is 1. The molecule has 0 aliphatic rings. The van der Waals surface area contributed by atoms with Gasteiger partial charge in [-0.25, -0.2) is 4.39 Å². The molecule has 0 bridgehead atoms. The maximum atomic E-state index is 13.8. The van der Waals surface area contributed by atoms with Crippen LogP contribution >= 0.6 is 0 Å². The van der Waals surface area contributed by atoms with Crippen LogP contribution in [0.4, 0.5) is 4.39 Å². The molecule has 0 aliphatic carbocycles. The van der Waals surface area contributed by atoms with Crippen molar-refractivity contribution >= 4 is 5.97 Å². The summed E-state index contributed by atoms with van der Waals surface area (Å²) in [4.78, 5) is 11.3. The van der Waals surface area contributed by atoms with E-state index in [9.17, 15) is 14.3 Å². The third kappa shape index (κ3) is 3.53. The molecule has 0 saturated heterocycles. The fraction of sp³-hybridized carbons (Fsp3) is 0.533. The number of nitrogens with one attached hydrogen (secondary N) is 1. The Hall–Kier alpha value is -1.42. The Labute approximate surface area is 113 Å². The molecule has 4 heteroatoms. The fourth-order valence-corrected chi connectivity index (χ4v) is 2.16. The molecule has 0 aliphatic heterocycles. The summed E-state index contributed by atoms with van der Waals surface area (Å²) < 4.78 is 13.8. The Kier molecular flexibility index (Phi) is 5.48. The first-order valence-electron chi connectivity index (χ1n) is 6.65. The minimum absolute atomic E-state index is 0.219. The van der Waals surface area contributed by atoms with Gasteiger partial charge in [0.1, 0.15) is 5.82 Å². The standard InChI is InChI=1S/C15H22FNO2/c1-4-15(5-2,14(18)19)10-17-9-12-8-6-7-11(3)13(12)16/h6-8,17H,4-5,9-10H2,1-3H3,(H,18,19). The van der Waals surface area contributed by atoms with Crippen LogP contribution in [0.15, 0.2) is 18.2 Å². The minimum Gasteiger partial charge on any atom is -0.481 e. The van der Waals surface area contributed by atoms with Crippen molar-refractivity contribution in [1.82, 2.24) is 5.32 Å². The van der Waals surface area contributed by atoms with Crippen molar-refractivity contribution in [2.45, 2.75) is 40.2 Å². The van der Waals surface area contributed by atoms with E-state index in [-0.39, 0.29) is 5.82 Å². The summed E-state index contributed by atoms with van der Waals surface area (Å²) in [6, 6.07) is 5.24. The highest BCUT2D eigenvalue weighted by molar-refractivity contribution is 5.74. The lowest BCUT2D eigenvalue weighted by Crippen LogP contribution is -2.40. The first-order chi connectivity index (χ1) is 8.96. The van der Waals surface area contributed by atoms with E-state index in [1.54, 1.807) is 25.1 Å². The molecule has 3 nitrogen and oxygen atoms in total. The summed E-state index contributed by atoms with van der Waals surface area (Å²) in [5.41, 5.74) is 0.418. The van der Waals surface area contributed by atoms with Crippen LogP contribution in [0.1, 0.15) is 37.8 Å². The lowest BCUT2D eigenvalue weighted by atomic mass is 9.82. The van der Waals surface area contributed by atoms with Gasteiger partial charge in [0.2, 0.25) is 0 Å². The Morgan fingerprint density at radius 2 is 2.00 bits per heavy atom. The number of hydrogen-bond acceptors (Lipinski definition) is 2. The number of aryl methyl sites for hydroxylation is 1. The van der Waals surface area contributed by atoms with Gasteiger partial charge in [0.25, 0.3) is 0 Å². The van der Waals surface area contributed by atoms with Crippen molar-refractivity contribution in [3.63, 3.8) is 0 Å². The molecule has 1 aromatic carbocycles. The molecular weight excluding hydrogens is 245 g/mol. The number of halogens is 1. The lowest BCUT2D eigenvalue weighted by Gasteiger charge is -2.27. The Morgan fingerprint density at radius 1 is 1.37 bits per heavy atom. The fourth-order valence-electron chi connectivity index (χ4n) is 2.16. The largest absolute Gasteiger partial charge is 0.481 e. The smallest absolute Gasteiger partial charge is 0.310 e. The number of carboxylic acids is 1. The molecule has 0 amide bonds. The molecule has 2 N–H and O–H groups in total. The van der Waals surface area contributed by atoms with Crippen molar-refractivity contribution in [2.75, 3.05) is 6.54 Å². The molecular formula is C15H22FNO2. The molecule has 1 rings (SSSR count). The molecule has 0 radical (unpaired) electrons. The zero-order valence-electron chi connectivity index (χ0n) is 11.8. The highest BCUT2D eigenvalue weighted by Crippen LogP contribution is 2.25. The first-order valence-corrected chi connectivity index (χ1v) is 6.65. The van der Waals surface area contributed by atoms with Crippen LogP contribution in [-0.2, 0) is 11.3 Å². The highest BCUT2D eigenvalue weighted by atomic mass is 19.1. The van der Waals surface area contributed by atoms with Crippen molar-refractivity contribution in [1.29, 1.82) is 0 Å². The number of aliphatic carboxylic acids is 1. The Balaban J connectivity index is 2.67. The van der Waals surface area contributed by atoms with Gasteiger partial charge in [-0.1, -0.05) is 32.0 Å². The highest BCUT2D eigenvalue weighted by Gasteiger charge is 2.34. The van der Waals surface area contributed by atoms with Crippen molar-refractivity contribution in [2.24, 2.45) is 5.41 Å². The van der Waals surface area contributed by atoms with Gasteiger partial charge >= 0.3 is 5.97 Å². The van der Waals surface area contributed by atoms with Crippen LogP contribution in [0.5, 0.6) is 0 Å². The van der Waals surface area contributed by atoms with Gasteiger partial charge in [-0.3, -0.25) is 4.79 Å². The Morgan fingerprint density at radius 3 is 2.53 bits per heavy atom. The average molecular weight is 267 g/mol. The molecule has 0 unspecified atom stereocenters. The molecule has 106 valence electrons. The monoisotopic (exact) mass is 267 g/mol. The summed E-state index contributed by atoms with van der Waals surface area (Å²) in [6.07, 6.45) is 1.12. The second kappa shape index (κ2) is 6.66. The number of benzene rings is 1. The van der Waals surface area contributed by atoms with Crippen molar-refractivity contribution < 1.29 is 14.3 Å². The van der Waals surface area contributed by atoms with Gasteiger partial charge in [0.15, 0.2) is 0 Å². The van der Waals surface area contributed by atoms with Gasteiger partial charge in [-0.05, 0) is 25.3 Å². The Bertz CT molecular complexity index is 442. The molecule has 1 aromatic rings. The molecule has 0 saturated carbocycles. The van der Waals surface area contributed by atoms with Crippen LogP contribution in [0.2, 0.25) is 0 Å². The second-order valence-electron chi connectivity index (χ2n) is 4.94. The predicted molar refractivity (Wildman–Crippen MR) is 73.5 cm³/mol. The number of carboxylic acid groups (broad SMARTS) is 1. The summed E-state index contributed by atoms with van der Waals surface area (Å²) >= 11 is 0. The van der Waals surface area contributed by atoms with E-state index in [0.29, 0.717) is 37.1 Å². The van der Waals surface area contributed by atoms with Gasteiger partial charge < -0.3 is 10.4 Å². The third-order valence-electron chi connectivity index (χ3n) is 3.86. The van der Waals surface area contributed by atoms with Crippen LogP contribution in [-0.4, -0.2) is 17.6 Å². The van der Waals surface area contributed by atoms with E-state index in [1.165, 1.54) is 0 Å². The summed E-state index contributed by atoms with van der Waals surface area (Å²) in [7, 11) is 0. The van der Waals surface area contributed by atoms with Gasteiger partial charge in [-0.15, -0.1) is 0 Å². The van der Waals surface area contributed by atoms with Crippen LogP contribution < -0.4 is 5.32 Å². The maximum Gasteiger partial charge on any atom is 0.310 e. The number of rotatable bonds is 7. The summed E-state index contributed by atoms with van der Waals surface area (Å²) in [5, 5.41) is 12.4. The van der Waals surface area contributed by atoms with Crippen molar-refractivity contribution in [3.8, 4) is 0 Å². The molecule has 0 aromatic heterocycles. The van der Waals surface area contributed by atoms with Crippen molar-refractivity contribution in [3.05, 3.63) is 35.1 Å². The van der Waals surface area contributed by atoms with E-state index < -0.39 is 11.4 Å². The summed E-state index contributed by atoms with van der Waals surface area (Å²) in [6.45, 7) is 6.16. The quantitative estimate of drug-likeness (QED) is 0.798. The van der Waals surface area contributed by atoms with E-state index >= 15 is 0 Å². The van der Waals surface area contributed by atoms with Gasteiger partial charge in [0, 0.05) is 18.7 Å². The molecule has 0 atom stereocenters. The van der Waals surface area contributed by atoms with E-state index in [2.05, 4.69) is 5.32 Å². The number of hydrogen-bond donors (Lipinski definition) is 2. The second-order valence-corrected chi connectivity index (χ2v) is 4.94. The van der Waals surface area contributed by atoms with E-state index in [4.69, 9.17) is 0 Å². The molecule has 0 heterocycles. The predicted octanol–water partition coefficient (Wildman–Crippen LogP) is 3.11. The minimum atomic E-state index is -0.797.